The van der Waals surface area contributed by atoms with E-state index in [1.54, 1.807) is 20.8 Å². The Bertz CT molecular complexity index is 339. The highest BCUT2D eigenvalue weighted by Gasteiger charge is 2.34. The second-order valence-corrected chi connectivity index (χ2v) is 4.29. The molecule has 0 spiro atoms. The van der Waals surface area contributed by atoms with Crippen LogP contribution in [0.4, 0.5) is 18.9 Å². The topological polar surface area (TPSA) is 24.9 Å². The third kappa shape index (κ3) is 3.42. The van der Waals surface area contributed by atoms with Crippen LogP contribution in [0.3, 0.4) is 0 Å². The Balaban J connectivity index is 3.08. The van der Waals surface area contributed by atoms with Gasteiger partial charge in [0.25, 0.3) is 0 Å². The first kappa shape index (κ1) is 11.8. The minimum Gasteiger partial charge on any atom is -0.379 e. The first-order valence-corrected chi connectivity index (χ1v) is 4.49. The van der Waals surface area contributed by atoms with E-state index < -0.39 is 17.3 Å². The monoisotopic (exact) mass is 218 g/mol. The summed E-state index contributed by atoms with van der Waals surface area (Å²) in [6.45, 7) is 5.38. The molecule has 5 heteroatoms. The van der Waals surface area contributed by atoms with Crippen LogP contribution >= 0.6 is 0 Å². The van der Waals surface area contributed by atoms with Crippen LogP contribution in [0.25, 0.3) is 0 Å². The van der Waals surface area contributed by atoms with Gasteiger partial charge in [-0.05, 0) is 26.8 Å². The predicted molar refractivity (Wildman–Crippen MR) is 52.6 cm³/mol. The Morgan fingerprint density at radius 1 is 1.20 bits per heavy atom. The molecule has 1 rings (SSSR count). The van der Waals surface area contributed by atoms with Crippen molar-refractivity contribution >= 4 is 5.69 Å². The smallest absolute Gasteiger partial charge is 0.379 e. The maximum atomic E-state index is 12.6. The van der Waals surface area contributed by atoms with Gasteiger partial charge in [0.1, 0.15) is 0 Å². The predicted octanol–water partition coefficient (Wildman–Crippen LogP) is 3.31. The highest BCUT2D eigenvalue weighted by molar-refractivity contribution is 5.51. The largest absolute Gasteiger partial charge is 0.418 e. The third-order valence-corrected chi connectivity index (χ3v) is 1.64. The molecular weight excluding hydrogens is 205 g/mol. The standard InChI is InChI=1S/C10H13F3N2/c1-9(2,3)15-8-6-14-5-4-7(8)10(11,12)13/h4-6,15H,1-3H3. The van der Waals surface area contributed by atoms with Crippen molar-refractivity contribution in [2.75, 3.05) is 5.32 Å². The number of nitrogens with zero attached hydrogens (tertiary/aromatic N) is 1. The fourth-order valence-corrected chi connectivity index (χ4v) is 1.15. The van der Waals surface area contributed by atoms with Gasteiger partial charge in [-0.25, -0.2) is 0 Å². The van der Waals surface area contributed by atoms with E-state index in [0.717, 1.165) is 12.3 Å². The number of pyridine rings is 1. The number of rotatable bonds is 1. The van der Waals surface area contributed by atoms with Crippen molar-refractivity contribution in [2.45, 2.75) is 32.5 Å². The van der Waals surface area contributed by atoms with E-state index in [1.807, 2.05) is 0 Å². The molecule has 0 saturated heterocycles. The molecule has 0 aliphatic carbocycles. The Kier molecular flexibility index (Phi) is 2.93. The average molecular weight is 218 g/mol. The molecule has 0 saturated carbocycles. The summed E-state index contributed by atoms with van der Waals surface area (Å²) >= 11 is 0. The van der Waals surface area contributed by atoms with E-state index in [0.29, 0.717) is 0 Å². The number of anilines is 1. The molecule has 0 amide bonds. The van der Waals surface area contributed by atoms with E-state index in [4.69, 9.17) is 0 Å². The molecule has 15 heavy (non-hydrogen) atoms. The molecule has 0 aromatic carbocycles. The van der Waals surface area contributed by atoms with Crippen LogP contribution in [0.5, 0.6) is 0 Å². The number of nitrogens with one attached hydrogen (secondary N) is 1. The quantitative estimate of drug-likeness (QED) is 0.782. The maximum Gasteiger partial charge on any atom is 0.418 e. The second kappa shape index (κ2) is 3.72. The molecular formula is C10H13F3N2. The van der Waals surface area contributed by atoms with Crippen LogP contribution < -0.4 is 5.32 Å². The molecule has 0 aliphatic rings. The van der Waals surface area contributed by atoms with Crippen molar-refractivity contribution in [3.8, 4) is 0 Å². The van der Waals surface area contributed by atoms with Gasteiger partial charge in [-0.2, -0.15) is 13.2 Å². The summed E-state index contributed by atoms with van der Waals surface area (Å²) < 4.78 is 37.7. The number of halogens is 3. The SMILES string of the molecule is CC(C)(C)Nc1cnccc1C(F)(F)F. The summed E-state index contributed by atoms with van der Waals surface area (Å²) in [5.74, 6) is 0. The van der Waals surface area contributed by atoms with Crippen molar-refractivity contribution in [3.05, 3.63) is 24.0 Å². The van der Waals surface area contributed by atoms with Gasteiger partial charge >= 0.3 is 6.18 Å². The summed E-state index contributed by atoms with van der Waals surface area (Å²) in [5.41, 5.74) is -1.10. The van der Waals surface area contributed by atoms with E-state index in [-0.39, 0.29) is 5.69 Å². The van der Waals surface area contributed by atoms with Crippen LogP contribution in [-0.2, 0) is 6.18 Å². The van der Waals surface area contributed by atoms with Crippen LogP contribution in [0, 0.1) is 0 Å². The van der Waals surface area contributed by atoms with Gasteiger partial charge in [-0.1, -0.05) is 0 Å². The molecule has 0 atom stereocenters. The molecule has 1 N–H and O–H groups in total. The van der Waals surface area contributed by atoms with Gasteiger partial charge in [0, 0.05) is 11.7 Å². The average Bonchev–Trinajstić information content (AvgIpc) is 1.99. The Labute approximate surface area is 86.5 Å². The molecule has 0 aliphatic heterocycles. The highest BCUT2D eigenvalue weighted by Crippen LogP contribution is 2.34. The highest BCUT2D eigenvalue weighted by atomic mass is 19.4. The molecule has 2 nitrogen and oxygen atoms in total. The normalized spacial score (nSPS) is 12.7. The van der Waals surface area contributed by atoms with Gasteiger partial charge in [0.15, 0.2) is 0 Å². The van der Waals surface area contributed by atoms with Gasteiger partial charge in [-0.15, -0.1) is 0 Å². The lowest BCUT2D eigenvalue weighted by atomic mass is 10.1. The van der Waals surface area contributed by atoms with Crippen molar-refractivity contribution in [3.63, 3.8) is 0 Å². The lowest BCUT2D eigenvalue weighted by Gasteiger charge is -2.24. The Morgan fingerprint density at radius 2 is 1.80 bits per heavy atom. The van der Waals surface area contributed by atoms with Crippen LogP contribution in [0.15, 0.2) is 18.5 Å². The van der Waals surface area contributed by atoms with Gasteiger partial charge < -0.3 is 5.32 Å². The molecule has 0 fully saturated rings. The summed E-state index contributed by atoms with van der Waals surface area (Å²) in [4.78, 5) is 3.68. The maximum absolute atomic E-state index is 12.6. The van der Waals surface area contributed by atoms with Gasteiger partial charge in [-0.3, -0.25) is 4.98 Å². The number of aromatic nitrogens is 1. The minimum atomic E-state index is -4.35. The Hall–Kier alpha value is -1.26. The number of hydrogen-bond donors (Lipinski definition) is 1. The van der Waals surface area contributed by atoms with Gasteiger partial charge in [0.05, 0.1) is 17.4 Å². The zero-order chi connectivity index (χ0) is 11.7. The molecule has 0 bridgehead atoms. The van der Waals surface area contributed by atoms with Crippen molar-refractivity contribution < 1.29 is 13.2 Å². The van der Waals surface area contributed by atoms with E-state index in [1.165, 1.54) is 6.20 Å². The molecule has 1 aromatic rings. The van der Waals surface area contributed by atoms with E-state index in [2.05, 4.69) is 10.3 Å². The van der Waals surface area contributed by atoms with Crippen molar-refractivity contribution in [1.29, 1.82) is 0 Å². The molecule has 84 valence electrons. The summed E-state index contributed by atoms with van der Waals surface area (Å²) in [6, 6.07) is 0.966. The molecule has 1 aromatic heterocycles. The fourth-order valence-electron chi connectivity index (χ4n) is 1.15. The summed E-state index contributed by atoms with van der Waals surface area (Å²) in [7, 11) is 0. The minimum absolute atomic E-state index is 0.0116. The number of hydrogen-bond acceptors (Lipinski definition) is 2. The summed E-state index contributed by atoms with van der Waals surface area (Å²) in [6.07, 6.45) is -2.03. The van der Waals surface area contributed by atoms with Crippen LogP contribution in [0.1, 0.15) is 26.3 Å². The second-order valence-electron chi connectivity index (χ2n) is 4.29. The zero-order valence-corrected chi connectivity index (χ0v) is 8.81. The lowest BCUT2D eigenvalue weighted by Crippen LogP contribution is -2.27. The third-order valence-electron chi connectivity index (χ3n) is 1.64. The first-order chi connectivity index (χ1) is 6.70. The molecule has 0 unspecified atom stereocenters. The number of alkyl halides is 3. The first-order valence-electron chi connectivity index (χ1n) is 4.49. The van der Waals surface area contributed by atoms with Crippen molar-refractivity contribution in [2.24, 2.45) is 0 Å². The summed E-state index contributed by atoms with van der Waals surface area (Å²) in [5, 5.41) is 2.77. The van der Waals surface area contributed by atoms with Crippen molar-refractivity contribution in [1.82, 2.24) is 4.98 Å². The van der Waals surface area contributed by atoms with E-state index in [9.17, 15) is 13.2 Å². The zero-order valence-electron chi connectivity index (χ0n) is 8.81. The van der Waals surface area contributed by atoms with E-state index >= 15 is 0 Å². The van der Waals surface area contributed by atoms with Crippen LogP contribution in [-0.4, -0.2) is 10.5 Å². The molecule has 0 radical (unpaired) electrons. The fraction of sp³-hybridized carbons (Fsp3) is 0.500. The lowest BCUT2D eigenvalue weighted by molar-refractivity contribution is -0.137. The van der Waals surface area contributed by atoms with Crippen LogP contribution in [0.2, 0.25) is 0 Å². The Morgan fingerprint density at radius 3 is 2.27 bits per heavy atom. The molecule has 1 heterocycles. The van der Waals surface area contributed by atoms with Gasteiger partial charge in [0.2, 0.25) is 0 Å².